The zero-order valence-electron chi connectivity index (χ0n) is 51.9. The second-order valence-electron chi connectivity index (χ2n) is 25.3. The zero-order valence-corrected chi connectivity index (χ0v) is 51.9. The predicted molar refractivity (Wildman–Crippen MR) is 335 cm³/mol. The molecule has 4 aliphatic heterocycles. The summed E-state index contributed by atoms with van der Waals surface area (Å²) in [4.78, 5) is 78.9. The van der Waals surface area contributed by atoms with Gasteiger partial charge in [-0.2, -0.15) is 20.3 Å². The van der Waals surface area contributed by atoms with Crippen molar-refractivity contribution in [1.82, 2.24) is 55.0 Å². The molecule has 3 aromatic heterocycles. The largest absolute Gasteiger partial charge is 0.508 e. The van der Waals surface area contributed by atoms with Crippen LogP contribution in [-0.2, 0) is 30.5 Å². The first kappa shape index (κ1) is 64.2. The number of benzene rings is 3. The first-order chi connectivity index (χ1) is 43.9. The van der Waals surface area contributed by atoms with Crippen molar-refractivity contribution in [1.29, 1.82) is 5.26 Å². The molecule has 7 atom stereocenters. The second kappa shape index (κ2) is 27.6. The minimum absolute atomic E-state index is 0.00722. The average molecular weight is 1250 g/mol. The molecule has 0 radical (unpaired) electrons. The molecule has 3 unspecified atom stereocenters. The molecule has 5 fully saturated rings. The maximum atomic E-state index is 17.4. The van der Waals surface area contributed by atoms with Gasteiger partial charge in [0.05, 0.1) is 67.2 Å². The van der Waals surface area contributed by atoms with Crippen molar-refractivity contribution < 1.29 is 52.8 Å². The molecule has 4 amide bonds. The van der Waals surface area contributed by atoms with Crippen molar-refractivity contribution in [3.05, 3.63) is 89.8 Å². The van der Waals surface area contributed by atoms with Crippen LogP contribution in [0, 0.1) is 52.6 Å². The first-order valence-electron chi connectivity index (χ1n) is 31.6. The summed E-state index contributed by atoms with van der Waals surface area (Å²) in [6.07, 6.45) is 11.5. The van der Waals surface area contributed by atoms with Gasteiger partial charge in [0.15, 0.2) is 5.82 Å². The molecule has 1 aliphatic carbocycles. The van der Waals surface area contributed by atoms with E-state index in [9.17, 15) is 39.8 Å². The third kappa shape index (κ3) is 13.9. The van der Waals surface area contributed by atoms with Gasteiger partial charge in [-0.05, 0) is 86.2 Å². The Morgan fingerprint density at radius 1 is 0.934 bits per heavy atom. The van der Waals surface area contributed by atoms with Crippen molar-refractivity contribution >= 4 is 51.1 Å². The van der Waals surface area contributed by atoms with E-state index in [1.807, 2.05) is 51.7 Å². The van der Waals surface area contributed by atoms with Gasteiger partial charge in [0.2, 0.25) is 23.6 Å². The third-order valence-corrected chi connectivity index (χ3v) is 18.6. The molecular weight excluding hydrogens is 1170 g/mol. The Hall–Kier alpha value is -8.39. The predicted octanol–water partition coefficient (Wildman–Crippen LogP) is 5.56. The number of piperazine rings is 2. The molecule has 22 nitrogen and oxygen atoms in total. The van der Waals surface area contributed by atoms with E-state index in [0.717, 1.165) is 69.7 Å². The summed E-state index contributed by atoms with van der Waals surface area (Å²) in [5.41, 5.74) is 2.04. The Labute approximate surface area is 527 Å². The number of terminal acetylenes is 1. The van der Waals surface area contributed by atoms with Crippen LogP contribution in [0.15, 0.2) is 67.0 Å². The topological polar surface area (TPSA) is 268 Å². The first-order valence-corrected chi connectivity index (χ1v) is 31.6. The number of likely N-dealkylation sites (tertiary alicyclic amines) is 1. The minimum Gasteiger partial charge on any atom is -0.508 e. The number of amides is 4. The number of aromatic hydroxyl groups is 1. The monoisotopic (exact) mass is 1250 g/mol. The number of β-amino-alcohol motifs (C(OH)–C–C–N with tert-alkyl or cyclic N) is 1. The minimum atomic E-state index is -1.01. The number of ether oxygens (including phenoxy) is 2. The van der Waals surface area contributed by atoms with E-state index in [1.165, 1.54) is 35.4 Å². The number of nitrogens with one attached hydrogen (secondary N) is 2. The van der Waals surface area contributed by atoms with Gasteiger partial charge in [-0.15, -0.1) is 6.42 Å². The standard InChI is InChI=1S/C67H79F2N13O9/c1-6-49-52(68)15-12-44-29-47(84)30-50(58(44)49)61-59(69)62-51(33-71-61)63(79-34-45-13-14-46(35-79)82(45)57(87)28-41(5)32-70)76-66(75-62)91-39-67(18-19-67)38-78-23-21-77(22-24-78)25-27-90-26-17-56(86)74-60(40(3)4)65(89)80-36-48(85)31-55(80)64(88)73-53(37-83)42-8-10-43(11-9-42)54-16-20-72-81(54)7-2/h1,8-12,15-16,20,29-30,33,40-41,45-46,48,53,55,60,83-85H,7,13-14,17-19,21-28,31,34-39H2,2-5H3,(H,73,88)(H,74,86)/t41?,45?,46?,48-,53+,55+,60+/m0/s1. The summed E-state index contributed by atoms with van der Waals surface area (Å²) < 4.78 is 46.9. The van der Waals surface area contributed by atoms with Crippen LogP contribution in [0.5, 0.6) is 11.8 Å². The third-order valence-electron chi connectivity index (χ3n) is 18.6. The van der Waals surface area contributed by atoms with Gasteiger partial charge in [0, 0.05) is 126 Å². The van der Waals surface area contributed by atoms with Crippen molar-refractivity contribution in [2.75, 3.05) is 90.2 Å². The number of rotatable bonds is 24. The Kier molecular flexibility index (Phi) is 19.5. The number of halogens is 2. The number of aliphatic hydroxyl groups is 2. The number of pyridine rings is 1. The number of anilines is 1. The van der Waals surface area contributed by atoms with Crippen LogP contribution in [0.3, 0.4) is 0 Å². The Balaban J connectivity index is 0.671. The number of phenols is 1. The molecule has 91 heavy (non-hydrogen) atoms. The number of nitriles is 1. The van der Waals surface area contributed by atoms with Gasteiger partial charge in [0.25, 0.3) is 0 Å². The highest BCUT2D eigenvalue weighted by Crippen LogP contribution is 2.47. The SMILES string of the molecule is C#Cc1c(F)ccc2cc(O)cc(-c3ncc4c(N5CC6CCC(C5)N6C(=O)CC(C)C#N)nc(OCC5(CN6CCN(CCOCCC(=O)N[C@@H](C(=O)N7C[C@@H](O)C[C@@H]7C(=O)N[C@H](CO)c7ccc(-c8ccnn8CC)cc7)C(C)C)CC6)CC5)nc4c3F)c12. The summed E-state index contributed by atoms with van der Waals surface area (Å²) in [6, 6.07) is 13.8. The van der Waals surface area contributed by atoms with E-state index in [2.05, 4.69) is 42.5 Å². The zero-order chi connectivity index (χ0) is 64.3. The molecule has 6 aromatic rings. The number of fused-ring (bicyclic) bond motifs is 4. The highest BCUT2D eigenvalue weighted by atomic mass is 19.1. The number of hydrogen-bond donors (Lipinski definition) is 5. The Morgan fingerprint density at radius 2 is 1.67 bits per heavy atom. The number of aliphatic hydroxyl groups excluding tert-OH is 2. The van der Waals surface area contributed by atoms with Crippen LogP contribution in [0.1, 0.15) is 89.8 Å². The summed E-state index contributed by atoms with van der Waals surface area (Å²) in [5, 5.41) is 52.3. The average Bonchev–Trinajstić information content (AvgIpc) is 1.75. The quantitative estimate of drug-likeness (QED) is 0.0367. The Bertz CT molecular complexity index is 3750. The molecule has 4 saturated heterocycles. The van der Waals surface area contributed by atoms with Crippen LogP contribution >= 0.6 is 0 Å². The molecule has 7 heterocycles. The van der Waals surface area contributed by atoms with Crippen molar-refractivity contribution in [3.8, 4) is 52.7 Å². The lowest BCUT2D eigenvalue weighted by Crippen LogP contribution is -2.56. The molecule has 11 rings (SSSR count). The molecule has 2 bridgehead atoms. The van der Waals surface area contributed by atoms with E-state index in [1.54, 1.807) is 27.0 Å². The van der Waals surface area contributed by atoms with Gasteiger partial charge < -0.3 is 55.0 Å². The summed E-state index contributed by atoms with van der Waals surface area (Å²) in [5.74, 6) is -1.15. The number of nitrogens with zero attached hydrogens (tertiary/aromatic N) is 11. The van der Waals surface area contributed by atoms with Gasteiger partial charge >= 0.3 is 6.01 Å². The fourth-order valence-corrected chi connectivity index (χ4v) is 13.5. The highest BCUT2D eigenvalue weighted by molar-refractivity contribution is 6.03. The fraction of sp³-hybridized carbons (Fsp3) is 0.507. The molecule has 480 valence electrons. The van der Waals surface area contributed by atoms with Gasteiger partial charge in [0.1, 0.15) is 40.7 Å². The number of aryl methyl sites for hydroxylation is 1. The van der Waals surface area contributed by atoms with Gasteiger partial charge in [-0.1, -0.05) is 50.1 Å². The summed E-state index contributed by atoms with van der Waals surface area (Å²) >= 11 is 0. The van der Waals surface area contributed by atoms with Gasteiger partial charge in [-0.3, -0.25) is 33.7 Å². The number of hydrogen-bond acceptors (Lipinski definition) is 17. The fourth-order valence-electron chi connectivity index (χ4n) is 13.5. The second-order valence-corrected chi connectivity index (χ2v) is 25.3. The maximum absolute atomic E-state index is 17.4. The van der Waals surface area contributed by atoms with Gasteiger partial charge in [-0.25, -0.2) is 8.78 Å². The van der Waals surface area contributed by atoms with Crippen LogP contribution in [0.2, 0.25) is 0 Å². The molecule has 3 aromatic carbocycles. The molecular formula is C67H79F2N13O9. The lowest BCUT2D eigenvalue weighted by Gasteiger charge is -2.42. The number of phenolic OH excluding ortho intramolecular Hbond substituents is 1. The molecule has 1 saturated carbocycles. The molecule has 5 N–H and O–H groups in total. The van der Waals surface area contributed by atoms with Crippen LogP contribution in [0.4, 0.5) is 14.6 Å². The van der Waals surface area contributed by atoms with E-state index in [-0.39, 0.29) is 114 Å². The maximum Gasteiger partial charge on any atom is 0.319 e. The number of carbonyl (C=O) groups is 4. The Morgan fingerprint density at radius 3 is 2.35 bits per heavy atom. The van der Waals surface area contributed by atoms with Crippen LogP contribution in [0.25, 0.3) is 44.2 Å². The summed E-state index contributed by atoms with van der Waals surface area (Å²) in [6.45, 7) is 13.8. The smallest absolute Gasteiger partial charge is 0.319 e. The van der Waals surface area contributed by atoms with E-state index < -0.39 is 60.2 Å². The number of aromatic nitrogens is 5. The van der Waals surface area contributed by atoms with E-state index >= 15 is 8.78 Å². The normalized spacial score (nSPS) is 20.8. The van der Waals surface area contributed by atoms with Crippen LogP contribution < -0.4 is 20.3 Å². The molecule has 0 spiro atoms. The van der Waals surface area contributed by atoms with E-state index in [4.69, 9.17) is 25.9 Å². The van der Waals surface area contributed by atoms with E-state index in [0.29, 0.717) is 54.9 Å². The number of carbonyl (C=O) groups excluding carboxylic acids is 4. The molecule has 24 heteroatoms. The summed E-state index contributed by atoms with van der Waals surface area (Å²) in [7, 11) is 0. The van der Waals surface area contributed by atoms with Crippen LogP contribution in [-0.4, -0.2) is 199 Å². The van der Waals surface area contributed by atoms with Crippen molar-refractivity contribution in [3.63, 3.8) is 0 Å². The van der Waals surface area contributed by atoms with Crippen molar-refractivity contribution in [2.45, 2.75) is 115 Å². The van der Waals surface area contributed by atoms with Crippen molar-refractivity contribution in [2.24, 2.45) is 17.3 Å². The lowest BCUT2D eigenvalue weighted by atomic mass is 9.96. The lowest BCUT2D eigenvalue weighted by molar-refractivity contribution is -0.143. The molecule has 5 aliphatic rings. The highest BCUT2D eigenvalue weighted by Gasteiger charge is 2.47.